The van der Waals surface area contributed by atoms with E-state index in [4.69, 9.17) is 9.97 Å². The lowest BCUT2D eigenvalue weighted by atomic mass is 9.82. The molecule has 0 atom stereocenters. The van der Waals surface area contributed by atoms with Gasteiger partial charge >= 0.3 is 0 Å². The first-order valence-corrected chi connectivity index (χ1v) is 17.3. The Hall–Kier alpha value is -6.32. The number of benzene rings is 7. The molecule has 1 aliphatic carbocycles. The summed E-state index contributed by atoms with van der Waals surface area (Å²) in [5.74, 6) is 0.712. The fourth-order valence-electron chi connectivity index (χ4n) is 8.10. The summed E-state index contributed by atoms with van der Waals surface area (Å²) in [6.45, 7) is 4.65. The molecule has 0 N–H and O–H groups in total. The number of fused-ring (bicyclic) bond motifs is 8. The van der Waals surface area contributed by atoms with Gasteiger partial charge < -0.3 is 4.57 Å². The van der Waals surface area contributed by atoms with E-state index in [0.717, 1.165) is 33.8 Å². The minimum atomic E-state index is -0.0893. The molecule has 0 radical (unpaired) electrons. The number of hydrogen-bond acceptors (Lipinski definition) is 2. The van der Waals surface area contributed by atoms with Crippen LogP contribution in [-0.2, 0) is 5.41 Å². The zero-order valence-electron chi connectivity index (χ0n) is 27.9. The topological polar surface area (TPSA) is 30.7 Å². The number of aromatic nitrogens is 3. The van der Waals surface area contributed by atoms with Crippen LogP contribution in [-0.4, -0.2) is 14.5 Å². The lowest BCUT2D eigenvalue weighted by molar-refractivity contribution is 0.660. The van der Waals surface area contributed by atoms with Crippen molar-refractivity contribution in [1.82, 2.24) is 14.5 Å². The minimum absolute atomic E-state index is 0.0893. The molecule has 0 unspecified atom stereocenters. The van der Waals surface area contributed by atoms with Crippen molar-refractivity contribution in [3.8, 4) is 50.7 Å². The van der Waals surface area contributed by atoms with Gasteiger partial charge in [-0.05, 0) is 70.1 Å². The first-order valence-electron chi connectivity index (χ1n) is 17.3. The molecule has 0 aliphatic heterocycles. The van der Waals surface area contributed by atoms with Crippen molar-refractivity contribution in [3.63, 3.8) is 0 Å². The van der Waals surface area contributed by atoms with Gasteiger partial charge in [-0.15, -0.1) is 0 Å². The van der Waals surface area contributed by atoms with Crippen molar-refractivity contribution in [2.75, 3.05) is 0 Å². The van der Waals surface area contributed by atoms with Crippen molar-refractivity contribution in [3.05, 3.63) is 175 Å². The van der Waals surface area contributed by atoms with Gasteiger partial charge in [-0.1, -0.05) is 135 Å². The molecule has 0 saturated heterocycles. The van der Waals surface area contributed by atoms with Gasteiger partial charge in [-0.3, -0.25) is 0 Å². The van der Waals surface area contributed by atoms with Crippen LogP contribution in [0.3, 0.4) is 0 Å². The van der Waals surface area contributed by atoms with Crippen molar-refractivity contribution >= 4 is 32.6 Å². The summed E-state index contributed by atoms with van der Waals surface area (Å²) in [6.07, 6.45) is 0. The summed E-state index contributed by atoms with van der Waals surface area (Å²) in [6, 6.07) is 58.7. The van der Waals surface area contributed by atoms with Gasteiger partial charge in [-0.2, -0.15) is 0 Å². The van der Waals surface area contributed by atoms with E-state index in [2.05, 4.69) is 176 Å². The molecule has 0 spiro atoms. The number of hydrogen-bond donors (Lipinski definition) is 0. The summed E-state index contributed by atoms with van der Waals surface area (Å²) < 4.78 is 2.40. The Morgan fingerprint density at radius 3 is 1.96 bits per heavy atom. The Labute approximate surface area is 291 Å². The molecule has 236 valence electrons. The van der Waals surface area contributed by atoms with Crippen LogP contribution in [0.15, 0.2) is 164 Å². The SMILES string of the molecule is CC1(C)c2ccccc2-c2ccc(-c3cc(-c4ccccc4)nc(-c4ccc(-n5c6ccccc6c6ccc7ccccc7c65)cc4)n3)cc21. The van der Waals surface area contributed by atoms with Crippen molar-refractivity contribution in [2.24, 2.45) is 0 Å². The molecule has 2 heterocycles. The molecule has 7 aromatic carbocycles. The fraction of sp³-hybridized carbons (Fsp3) is 0.0638. The van der Waals surface area contributed by atoms with Gasteiger partial charge in [0, 0.05) is 44.0 Å². The molecule has 0 bridgehead atoms. The molecule has 0 saturated carbocycles. The maximum absolute atomic E-state index is 5.24. The van der Waals surface area contributed by atoms with Gasteiger partial charge in [0.25, 0.3) is 0 Å². The Morgan fingerprint density at radius 1 is 0.460 bits per heavy atom. The van der Waals surface area contributed by atoms with Gasteiger partial charge in [0.15, 0.2) is 5.82 Å². The quantitative estimate of drug-likeness (QED) is 0.192. The second-order valence-corrected chi connectivity index (χ2v) is 13.8. The van der Waals surface area contributed by atoms with Gasteiger partial charge in [0.1, 0.15) is 0 Å². The van der Waals surface area contributed by atoms with E-state index in [1.165, 1.54) is 54.8 Å². The third-order valence-electron chi connectivity index (χ3n) is 10.6. The van der Waals surface area contributed by atoms with Crippen molar-refractivity contribution in [2.45, 2.75) is 19.3 Å². The molecule has 0 fully saturated rings. The van der Waals surface area contributed by atoms with Crippen molar-refractivity contribution in [1.29, 1.82) is 0 Å². The molecular weight excluding hydrogens is 607 g/mol. The second kappa shape index (κ2) is 10.8. The summed E-state index contributed by atoms with van der Waals surface area (Å²) in [7, 11) is 0. The minimum Gasteiger partial charge on any atom is -0.309 e. The lowest BCUT2D eigenvalue weighted by Gasteiger charge is -2.22. The second-order valence-electron chi connectivity index (χ2n) is 13.8. The highest BCUT2D eigenvalue weighted by atomic mass is 15.0. The van der Waals surface area contributed by atoms with Crippen LogP contribution in [0.1, 0.15) is 25.0 Å². The predicted octanol–water partition coefficient (Wildman–Crippen LogP) is 12.0. The van der Waals surface area contributed by atoms with Crippen LogP contribution in [0.25, 0.3) is 83.3 Å². The average Bonchev–Trinajstić information content (AvgIpc) is 3.64. The largest absolute Gasteiger partial charge is 0.309 e. The highest BCUT2D eigenvalue weighted by Crippen LogP contribution is 2.49. The first-order chi connectivity index (χ1) is 24.5. The molecule has 9 aromatic rings. The molecular formula is C47H33N3. The molecule has 10 rings (SSSR count). The van der Waals surface area contributed by atoms with E-state index in [-0.39, 0.29) is 5.41 Å². The van der Waals surface area contributed by atoms with E-state index >= 15 is 0 Å². The van der Waals surface area contributed by atoms with Crippen LogP contribution in [0.5, 0.6) is 0 Å². The summed E-state index contributed by atoms with van der Waals surface area (Å²) in [4.78, 5) is 10.4. The Kier molecular flexibility index (Phi) is 6.22. The third kappa shape index (κ3) is 4.30. The van der Waals surface area contributed by atoms with Crippen LogP contribution < -0.4 is 0 Å². The number of para-hydroxylation sites is 1. The standard InChI is InChI=1S/C47H33N3/c1-47(2)40-18-10-8-16-36(40)37-26-23-33(28-41(37)47)43-29-42(31-13-4-3-5-14-31)48-46(49-43)32-20-24-34(25-21-32)50-44-19-11-9-17-38(44)39-27-22-30-12-6-7-15-35(30)45(39)50/h3-29H,1-2H3. The van der Waals surface area contributed by atoms with E-state index in [1.807, 2.05) is 6.07 Å². The van der Waals surface area contributed by atoms with E-state index < -0.39 is 0 Å². The normalized spacial score (nSPS) is 13.2. The molecule has 50 heavy (non-hydrogen) atoms. The number of nitrogens with zero attached hydrogens (tertiary/aromatic N) is 3. The third-order valence-corrected chi connectivity index (χ3v) is 10.6. The summed E-state index contributed by atoms with van der Waals surface area (Å²) in [5, 5.41) is 4.99. The molecule has 1 aliphatic rings. The van der Waals surface area contributed by atoms with Crippen LogP contribution >= 0.6 is 0 Å². The zero-order chi connectivity index (χ0) is 33.4. The average molecular weight is 640 g/mol. The zero-order valence-corrected chi connectivity index (χ0v) is 27.9. The smallest absolute Gasteiger partial charge is 0.160 e. The maximum Gasteiger partial charge on any atom is 0.160 e. The highest BCUT2D eigenvalue weighted by Gasteiger charge is 2.35. The Morgan fingerprint density at radius 2 is 1.12 bits per heavy atom. The highest BCUT2D eigenvalue weighted by molar-refractivity contribution is 6.18. The van der Waals surface area contributed by atoms with Crippen LogP contribution in [0.2, 0.25) is 0 Å². The Bertz CT molecular complexity index is 2770. The van der Waals surface area contributed by atoms with E-state index in [0.29, 0.717) is 5.82 Å². The van der Waals surface area contributed by atoms with Gasteiger partial charge in [0.2, 0.25) is 0 Å². The predicted molar refractivity (Wildman–Crippen MR) is 208 cm³/mol. The Balaban J connectivity index is 1.12. The first kappa shape index (κ1) is 28.7. The maximum atomic E-state index is 5.24. The lowest BCUT2D eigenvalue weighted by Crippen LogP contribution is -2.14. The molecule has 2 aromatic heterocycles. The summed E-state index contributed by atoms with van der Waals surface area (Å²) >= 11 is 0. The van der Waals surface area contributed by atoms with Crippen LogP contribution in [0.4, 0.5) is 0 Å². The van der Waals surface area contributed by atoms with Crippen molar-refractivity contribution < 1.29 is 0 Å². The van der Waals surface area contributed by atoms with Gasteiger partial charge in [0.05, 0.1) is 22.4 Å². The van der Waals surface area contributed by atoms with E-state index in [1.54, 1.807) is 0 Å². The monoisotopic (exact) mass is 639 g/mol. The number of rotatable bonds is 4. The summed E-state index contributed by atoms with van der Waals surface area (Å²) in [5.41, 5.74) is 13.7. The van der Waals surface area contributed by atoms with E-state index in [9.17, 15) is 0 Å². The fourth-order valence-corrected chi connectivity index (χ4v) is 8.10. The molecule has 3 heteroatoms. The van der Waals surface area contributed by atoms with Crippen LogP contribution in [0, 0.1) is 0 Å². The van der Waals surface area contributed by atoms with Gasteiger partial charge in [-0.25, -0.2) is 9.97 Å². The molecule has 0 amide bonds. The molecule has 3 nitrogen and oxygen atoms in total.